The van der Waals surface area contributed by atoms with Gasteiger partial charge in [0, 0.05) is 10.6 Å². The van der Waals surface area contributed by atoms with Crippen molar-refractivity contribution in [2.45, 2.75) is 13.3 Å². The molecule has 0 saturated carbocycles. The Bertz CT molecular complexity index is 649. The lowest BCUT2D eigenvalue weighted by Gasteiger charge is -2.02. The van der Waals surface area contributed by atoms with Crippen LogP contribution in [-0.4, -0.2) is 11.8 Å². The zero-order valence-electron chi connectivity index (χ0n) is 11.5. The number of nitrogens with two attached hydrogens (primary N) is 1. The Balaban J connectivity index is 1.94. The standard InChI is InChI=1S/C16H15ClN2O2/c1-11-2-6-13(7-3-11)16(18)19-21-15(20)10-12-4-8-14(17)9-5-12/h2-9H,10H2,1H3,(H2,18,19). The highest BCUT2D eigenvalue weighted by atomic mass is 35.5. The first-order chi connectivity index (χ1) is 10.0. The Morgan fingerprint density at radius 1 is 1.14 bits per heavy atom. The minimum atomic E-state index is -0.479. The number of carbonyl (C=O) groups excluding carboxylic acids is 1. The van der Waals surface area contributed by atoms with Crippen molar-refractivity contribution >= 4 is 23.4 Å². The summed E-state index contributed by atoms with van der Waals surface area (Å²) >= 11 is 5.78. The van der Waals surface area contributed by atoms with Gasteiger partial charge in [-0.1, -0.05) is 58.7 Å². The third-order valence-electron chi connectivity index (χ3n) is 2.85. The second-order valence-electron chi connectivity index (χ2n) is 4.61. The molecule has 0 saturated heterocycles. The lowest BCUT2D eigenvalue weighted by Crippen LogP contribution is -2.15. The molecule has 0 aliphatic heterocycles. The number of nitrogens with zero attached hydrogens (tertiary/aromatic N) is 1. The van der Waals surface area contributed by atoms with Crippen LogP contribution in [0.4, 0.5) is 0 Å². The topological polar surface area (TPSA) is 64.7 Å². The Morgan fingerprint density at radius 3 is 2.38 bits per heavy atom. The van der Waals surface area contributed by atoms with E-state index < -0.39 is 5.97 Å². The predicted molar refractivity (Wildman–Crippen MR) is 83.2 cm³/mol. The maximum Gasteiger partial charge on any atom is 0.339 e. The summed E-state index contributed by atoms with van der Waals surface area (Å²) in [5.41, 5.74) is 8.39. The number of benzene rings is 2. The summed E-state index contributed by atoms with van der Waals surface area (Å²) in [6.07, 6.45) is 0.113. The van der Waals surface area contributed by atoms with Crippen molar-refractivity contribution in [1.29, 1.82) is 0 Å². The van der Waals surface area contributed by atoms with E-state index in [4.69, 9.17) is 22.2 Å². The van der Waals surface area contributed by atoms with Crippen LogP contribution in [0.15, 0.2) is 53.7 Å². The average Bonchev–Trinajstić information content (AvgIpc) is 2.48. The van der Waals surface area contributed by atoms with Gasteiger partial charge in [-0.2, -0.15) is 0 Å². The molecule has 0 atom stereocenters. The zero-order valence-corrected chi connectivity index (χ0v) is 12.3. The van der Waals surface area contributed by atoms with Crippen LogP contribution in [0.5, 0.6) is 0 Å². The molecule has 2 aromatic rings. The number of carbonyl (C=O) groups is 1. The molecule has 2 aromatic carbocycles. The second-order valence-corrected chi connectivity index (χ2v) is 5.05. The van der Waals surface area contributed by atoms with Crippen molar-refractivity contribution in [2.75, 3.05) is 0 Å². The first kappa shape index (κ1) is 15.1. The molecule has 2 N–H and O–H groups in total. The molecule has 0 aromatic heterocycles. The fourth-order valence-corrected chi connectivity index (χ4v) is 1.80. The van der Waals surface area contributed by atoms with Gasteiger partial charge in [0.15, 0.2) is 5.84 Å². The van der Waals surface area contributed by atoms with Gasteiger partial charge in [-0.3, -0.25) is 0 Å². The lowest BCUT2D eigenvalue weighted by atomic mass is 10.1. The minimum Gasteiger partial charge on any atom is -0.380 e. The molecular formula is C16H15ClN2O2. The summed E-state index contributed by atoms with van der Waals surface area (Å²) in [6.45, 7) is 1.98. The third-order valence-corrected chi connectivity index (χ3v) is 3.11. The fraction of sp³-hybridized carbons (Fsp3) is 0.125. The SMILES string of the molecule is Cc1ccc(/C(N)=N\OC(=O)Cc2ccc(Cl)cc2)cc1. The van der Waals surface area contributed by atoms with E-state index in [2.05, 4.69) is 5.16 Å². The van der Waals surface area contributed by atoms with Gasteiger partial charge in [-0.25, -0.2) is 4.79 Å². The summed E-state index contributed by atoms with van der Waals surface area (Å²) < 4.78 is 0. The molecule has 2 rings (SSSR count). The van der Waals surface area contributed by atoms with E-state index in [-0.39, 0.29) is 12.3 Å². The summed E-state index contributed by atoms with van der Waals surface area (Å²) in [4.78, 5) is 16.5. The molecule has 0 fully saturated rings. The van der Waals surface area contributed by atoms with Crippen molar-refractivity contribution < 1.29 is 9.63 Å². The highest BCUT2D eigenvalue weighted by Gasteiger charge is 2.06. The van der Waals surface area contributed by atoms with Crippen molar-refractivity contribution in [3.63, 3.8) is 0 Å². The van der Waals surface area contributed by atoms with Gasteiger partial charge in [0.05, 0.1) is 6.42 Å². The van der Waals surface area contributed by atoms with Crippen LogP contribution in [0.1, 0.15) is 16.7 Å². The highest BCUT2D eigenvalue weighted by Crippen LogP contribution is 2.10. The smallest absolute Gasteiger partial charge is 0.339 e. The Labute approximate surface area is 128 Å². The van der Waals surface area contributed by atoms with Gasteiger partial charge in [-0.05, 0) is 24.6 Å². The van der Waals surface area contributed by atoms with Gasteiger partial charge in [-0.15, -0.1) is 0 Å². The number of rotatable bonds is 4. The van der Waals surface area contributed by atoms with E-state index in [0.717, 1.165) is 11.1 Å². The van der Waals surface area contributed by atoms with Crippen molar-refractivity contribution in [1.82, 2.24) is 0 Å². The van der Waals surface area contributed by atoms with Crippen LogP contribution in [0.25, 0.3) is 0 Å². The normalized spacial score (nSPS) is 11.2. The van der Waals surface area contributed by atoms with Crippen molar-refractivity contribution in [3.05, 3.63) is 70.2 Å². The zero-order chi connectivity index (χ0) is 15.2. The van der Waals surface area contributed by atoms with Crippen LogP contribution >= 0.6 is 11.6 Å². The second kappa shape index (κ2) is 6.90. The van der Waals surface area contributed by atoms with Crippen LogP contribution < -0.4 is 5.73 Å². The molecule has 4 nitrogen and oxygen atoms in total. The summed E-state index contributed by atoms with van der Waals surface area (Å²) in [6, 6.07) is 14.4. The van der Waals surface area contributed by atoms with Crippen LogP contribution in [0.3, 0.4) is 0 Å². The van der Waals surface area contributed by atoms with E-state index in [1.54, 1.807) is 24.3 Å². The molecule has 0 radical (unpaired) electrons. The summed E-state index contributed by atoms with van der Waals surface area (Å²) in [5.74, 6) is -0.313. The quantitative estimate of drug-likeness (QED) is 0.408. The van der Waals surface area contributed by atoms with Crippen LogP contribution in [0.2, 0.25) is 5.02 Å². The van der Waals surface area contributed by atoms with Gasteiger partial charge in [0.2, 0.25) is 0 Å². The molecule has 0 aliphatic carbocycles. The third kappa shape index (κ3) is 4.61. The largest absolute Gasteiger partial charge is 0.380 e. The molecule has 0 aliphatic rings. The predicted octanol–water partition coefficient (Wildman–Crippen LogP) is 3.05. The molecule has 0 heterocycles. The molecule has 0 unspecified atom stereocenters. The van der Waals surface area contributed by atoms with Gasteiger partial charge in [0.1, 0.15) is 0 Å². The highest BCUT2D eigenvalue weighted by molar-refractivity contribution is 6.30. The minimum absolute atomic E-state index is 0.113. The number of hydrogen-bond donors (Lipinski definition) is 1. The maximum absolute atomic E-state index is 11.7. The number of oxime groups is 1. The number of halogens is 1. The van der Waals surface area contributed by atoms with Gasteiger partial charge < -0.3 is 10.6 Å². The number of amidine groups is 1. The molecule has 0 spiro atoms. The monoisotopic (exact) mass is 302 g/mol. The van der Waals surface area contributed by atoms with E-state index in [1.165, 1.54) is 0 Å². The van der Waals surface area contributed by atoms with Crippen molar-refractivity contribution in [3.8, 4) is 0 Å². The summed E-state index contributed by atoms with van der Waals surface area (Å²) in [5, 5.41) is 4.28. The van der Waals surface area contributed by atoms with Gasteiger partial charge in [0.25, 0.3) is 0 Å². The first-order valence-corrected chi connectivity index (χ1v) is 6.77. The lowest BCUT2D eigenvalue weighted by molar-refractivity contribution is -0.142. The molecule has 108 valence electrons. The van der Waals surface area contributed by atoms with Crippen LogP contribution in [0, 0.1) is 6.92 Å². The molecule has 0 bridgehead atoms. The number of aryl methyl sites for hydroxylation is 1. The first-order valence-electron chi connectivity index (χ1n) is 6.39. The number of hydrogen-bond acceptors (Lipinski definition) is 3. The van der Waals surface area contributed by atoms with E-state index in [0.29, 0.717) is 10.6 Å². The molecule has 5 heteroatoms. The fourth-order valence-electron chi connectivity index (χ4n) is 1.68. The van der Waals surface area contributed by atoms with Crippen molar-refractivity contribution in [2.24, 2.45) is 10.9 Å². The average molecular weight is 303 g/mol. The summed E-state index contributed by atoms with van der Waals surface area (Å²) in [7, 11) is 0. The van der Waals surface area contributed by atoms with E-state index in [9.17, 15) is 4.79 Å². The molecular weight excluding hydrogens is 288 g/mol. The molecule has 0 amide bonds. The Morgan fingerprint density at radius 2 is 1.76 bits per heavy atom. The van der Waals surface area contributed by atoms with E-state index in [1.807, 2.05) is 31.2 Å². The Hall–Kier alpha value is -2.33. The Kier molecular flexibility index (Phi) is 4.95. The van der Waals surface area contributed by atoms with Crippen LogP contribution in [-0.2, 0) is 16.1 Å². The van der Waals surface area contributed by atoms with E-state index >= 15 is 0 Å². The maximum atomic E-state index is 11.7. The van der Waals surface area contributed by atoms with Gasteiger partial charge >= 0.3 is 5.97 Å². The molecule has 21 heavy (non-hydrogen) atoms.